The molecular formula is C26H24ClN3O4. The van der Waals surface area contributed by atoms with Crippen LogP contribution in [0.4, 0.5) is 0 Å². The molecule has 1 amide bonds. The van der Waals surface area contributed by atoms with Crippen LogP contribution < -0.4 is 14.8 Å². The number of nitrogens with one attached hydrogen (secondary N) is 1. The van der Waals surface area contributed by atoms with Crippen LogP contribution in [0.2, 0.25) is 5.02 Å². The number of hydrogen-bond acceptors (Lipinski definition) is 5. The lowest BCUT2D eigenvalue weighted by Gasteiger charge is -2.11. The third-order valence-electron chi connectivity index (χ3n) is 5.48. The lowest BCUT2D eigenvalue weighted by molar-refractivity contribution is 0.0948. The molecular weight excluding hydrogens is 454 g/mol. The van der Waals surface area contributed by atoms with Gasteiger partial charge in [0.05, 0.1) is 31.8 Å². The zero-order chi connectivity index (χ0) is 24.1. The standard InChI is InChI=1S/C26H24ClN3O4/c1-33-23-12-9-18(15-24(23)34-2)26(32)28-14-13-25-29-20-5-3-4-6-21(20)30(25)16-22(31)17-7-10-19(27)11-8-17/h3-12,15H,13-14,16H2,1-2H3,(H,28,32). The van der Waals surface area contributed by atoms with Crippen LogP contribution in [0.5, 0.6) is 11.5 Å². The molecule has 174 valence electrons. The molecule has 0 aliphatic rings. The molecule has 0 unspecified atom stereocenters. The van der Waals surface area contributed by atoms with E-state index in [0.29, 0.717) is 40.6 Å². The number of carbonyl (C=O) groups is 2. The highest BCUT2D eigenvalue weighted by atomic mass is 35.5. The number of amides is 1. The highest BCUT2D eigenvalue weighted by molar-refractivity contribution is 6.30. The predicted molar refractivity (Wildman–Crippen MR) is 131 cm³/mol. The monoisotopic (exact) mass is 477 g/mol. The number of benzene rings is 3. The van der Waals surface area contributed by atoms with Gasteiger partial charge < -0.3 is 19.4 Å². The molecule has 0 fully saturated rings. The minimum Gasteiger partial charge on any atom is -0.493 e. The van der Waals surface area contributed by atoms with Gasteiger partial charge in [-0.05, 0) is 54.6 Å². The number of hydrogen-bond donors (Lipinski definition) is 1. The smallest absolute Gasteiger partial charge is 0.251 e. The van der Waals surface area contributed by atoms with E-state index in [9.17, 15) is 9.59 Å². The number of rotatable bonds is 9. The van der Waals surface area contributed by atoms with Gasteiger partial charge in [0.25, 0.3) is 5.91 Å². The fourth-order valence-corrected chi connectivity index (χ4v) is 3.86. The van der Waals surface area contributed by atoms with Gasteiger partial charge in [-0.15, -0.1) is 0 Å². The molecule has 0 spiro atoms. The fourth-order valence-electron chi connectivity index (χ4n) is 3.73. The van der Waals surface area contributed by atoms with Crippen LogP contribution in [0.25, 0.3) is 11.0 Å². The molecule has 1 N–H and O–H groups in total. The van der Waals surface area contributed by atoms with Gasteiger partial charge in [0.1, 0.15) is 5.82 Å². The van der Waals surface area contributed by atoms with Crippen molar-refractivity contribution in [2.24, 2.45) is 0 Å². The molecule has 34 heavy (non-hydrogen) atoms. The molecule has 1 aromatic heterocycles. The second-order valence-corrected chi connectivity index (χ2v) is 8.05. The van der Waals surface area contributed by atoms with Crippen LogP contribution in [0.15, 0.2) is 66.7 Å². The van der Waals surface area contributed by atoms with E-state index >= 15 is 0 Å². The maximum Gasteiger partial charge on any atom is 0.251 e. The highest BCUT2D eigenvalue weighted by Crippen LogP contribution is 2.27. The van der Waals surface area contributed by atoms with Crippen molar-refractivity contribution in [1.82, 2.24) is 14.9 Å². The number of imidazole rings is 1. The Labute approximate surface area is 202 Å². The summed E-state index contributed by atoms with van der Waals surface area (Å²) in [6, 6.07) is 19.5. The summed E-state index contributed by atoms with van der Waals surface area (Å²) in [4.78, 5) is 30.3. The van der Waals surface area contributed by atoms with Crippen LogP contribution in [-0.2, 0) is 13.0 Å². The number of ketones is 1. The van der Waals surface area contributed by atoms with E-state index in [2.05, 4.69) is 5.32 Å². The normalized spacial score (nSPS) is 10.8. The summed E-state index contributed by atoms with van der Waals surface area (Å²) >= 11 is 5.95. The first-order chi connectivity index (χ1) is 16.5. The highest BCUT2D eigenvalue weighted by Gasteiger charge is 2.16. The summed E-state index contributed by atoms with van der Waals surface area (Å²) in [7, 11) is 3.07. The maximum atomic E-state index is 12.9. The van der Waals surface area contributed by atoms with Gasteiger partial charge in [-0.3, -0.25) is 9.59 Å². The molecule has 0 saturated carbocycles. The van der Waals surface area contributed by atoms with Crippen molar-refractivity contribution < 1.29 is 19.1 Å². The molecule has 7 nitrogen and oxygen atoms in total. The van der Waals surface area contributed by atoms with Gasteiger partial charge in [-0.1, -0.05) is 23.7 Å². The minimum atomic E-state index is -0.235. The van der Waals surface area contributed by atoms with E-state index < -0.39 is 0 Å². The average Bonchev–Trinajstić information content (AvgIpc) is 3.20. The van der Waals surface area contributed by atoms with Crippen LogP contribution >= 0.6 is 11.6 Å². The number of para-hydroxylation sites is 2. The van der Waals surface area contributed by atoms with Gasteiger partial charge in [-0.2, -0.15) is 0 Å². The Balaban J connectivity index is 1.49. The van der Waals surface area contributed by atoms with Crippen LogP contribution in [-0.4, -0.2) is 42.0 Å². The number of methoxy groups -OCH3 is 2. The van der Waals surface area contributed by atoms with Crippen molar-refractivity contribution in [3.63, 3.8) is 0 Å². The second kappa shape index (κ2) is 10.4. The Morgan fingerprint density at radius 3 is 2.38 bits per heavy atom. The molecule has 0 aliphatic carbocycles. The van der Waals surface area contributed by atoms with Crippen molar-refractivity contribution in [2.45, 2.75) is 13.0 Å². The first-order valence-electron chi connectivity index (χ1n) is 10.7. The number of aromatic nitrogens is 2. The topological polar surface area (TPSA) is 82.5 Å². The van der Waals surface area contributed by atoms with Gasteiger partial charge in [-0.25, -0.2) is 4.98 Å². The number of carbonyl (C=O) groups excluding carboxylic acids is 2. The molecule has 0 atom stereocenters. The Hall–Kier alpha value is -3.84. The lowest BCUT2D eigenvalue weighted by Crippen LogP contribution is -2.27. The second-order valence-electron chi connectivity index (χ2n) is 7.61. The van der Waals surface area contributed by atoms with Crippen molar-refractivity contribution >= 4 is 34.3 Å². The molecule has 1 heterocycles. The number of halogens is 1. The zero-order valence-electron chi connectivity index (χ0n) is 18.9. The van der Waals surface area contributed by atoms with Gasteiger partial charge in [0, 0.05) is 29.1 Å². The van der Waals surface area contributed by atoms with E-state index in [4.69, 9.17) is 26.1 Å². The van der Waals surface area contributed by atoms with Crippen LogP contribution in [0.3, 0.4) is 0 Å². The number of ether oxygens (including phenoxy) is 2. The van der Waals surface area contributed by atoms with Crippen molar-refractivity contribution in [3.05, 3.63) is 88.7 Å². The third-order valence-corrected chi connectivity index (χ3v) is 5.73. The molecule has 3 aromatic carbocycles. The summed E-state index contributed by atoms with van der Waals surface area (Å²) < 4.78 is 12.4. The SMILES string of the molecule is COc1ccc(C(=O)NCCc2nc3ccccc3n2CC(=O)c2ccc(Cl)cc2)cc1OC. The van der Waals surface area contributed by atoms with Crippen molar-refractivity contribution in [1.29, 1.82) is 0 Å². The minimum absolute atomic E-state index is 0.0459. The predicted octanol–water partition coefficient (Wildman–Crippen LogP) is 4.56. The van der Waals surface area contributed by atoms with Gasteiger partial charge >= 0.3 is 0 Å². The quantitative estimate of drug-likeness (QED) is 0.357. The number of fused-ring (bicyclic) bond motifs is 1. The Kier molecular flexibility index (Phi) is 7.13. The van der Waals surface area contributed by atoms with E-state index in [1.165, 1.54) is 7.11 Å². The van der Waals surface area contributed by atoms with Crippen LogP contribution in [0.1, 0.15) is 26.5 Å². The molecule has 8 heteroatoms. The lowest BCUT2D eigenvalue weighted by atomic mass is 10.1. The number of Topliss-reactive ketones (excluding diaryl/α,β-unsaturated/α-hetero) is 1. The molecule has 0 aliphatic heterocycles. The fraction of sp³-hybridized carbons (Fsp3) is 0.192. The van der Waals surface area contributed by atoms with E-state index in [1.807, 2.05) is 28.8 Å². The maximum absolute atomic E-state index is 12.9. The Morgan fingerprint density at radius 1 is 0.941 bits per heavy atom. The molecule has 0 saturated heterocycles. The summed E-state index contributed by atoms with van der Waals surface area (Å²) in [5, 5.41) is 3.49. The molecule has 4 aromatic rings. The Morgan fingerprint density at radius 2 is 1.65 bits per heavy atom. The summed E-state index contributed by atoms with van der Waals surface area (Å²) in [6.45, 7) is 0.493. The van der Waals surface area contributed by atoms with E-state index in [0.717, 1.165) is 16.9 Å². The van der Waals surface area contributed by atoms with Crippen molar-refractivity contribution in [3.8, 4) is 11.5 Å². The summed E-state index contributed by atoms with van der Waals surface area (Å²) in [5.41, 5.74) is 2.71. The number of nitrogens with zero attached hydrogens (tertiary/aromatic N) is 2. The van der Waals surface area contributed by atoms with Gasteiger partial charge in [0.15, 0.2) is 17.3 Å². The van der Waals surface area contributed by atoms with Gasteiger partial charge in [0.2, 0.25) is 0 Å². The zero-order valence-corrected chi connectivity index (χ0v) is 19.6. The summed E-state index contributed by atoms with van der Waals surface area (Å²) in [6.07, 6.45) is 0.460. The first kappa shape index (κ1) is 23.3. The van der Waals surface area contributed by atoms with Crippen molar-refractivity contribution in [2.75, 3.05) is 20.8 Å². The van der Waals surface area contributed by atoms with E-state index in [-0.39, 0.29) is 18.2 Å². The Bertz CT molecular complexity index is 1330. The van der Waals surface area contributed by atoms with Crippen LogP contribution in [0, 0.1) is 0 Å². The summed E-state index contributed by atoms with van der Waals surface area (Å²) in [5.74, 6) is 1.48. The third kappa shape index (κ3) is 5.05. The van der Waals surface area contributed by atoms with E-state index in [1.54, 1.807) is 49.6 Å². The first-order valence-corrected chi connectivity index (χ1v) is 11.1. The molecule has 0 bridgehead atoms. The molecule has 4 rings (SSSR count). The average molecular weight is 478 g/mol. The largest absolute Gasteiger partial charge is 0.493 e. The molecule has 0 radical (unpaired) electrons.